The van der Waals surface area contributed by atoms with E-state index in [9.17, 15) is 9.50 Å². The van der Waals surface area contributed by atoms with Gasteiger partial charge < -0.3 is 9.84 Å². The van der Waals surface area contributed by atoms with Gasteiger partial charge in [0.05, 0.1) is 6.10 Å². The molecule has 2 rings (SSSR count). The lowest BCUT2D eigenvalue weighted by molar-refractivity contribution is 0.189. The van der Waals surface area contributed by atoms with Crippen LogP contribution in [0.3, 0.4) is 0 Å². The van der Waals surface area contributed by atoms with E-state index in [-0.39, 0.29) is 5.82 Å². The third-order valence-corrected chi connectivity index (χ3v) is 2.75. The number of nitrogens with zero attached hydrogens (tertiary/aromatic N) is 1. The van der Waals surface area contributed by atoms with Crippen LogP contribution in [0.25, 0.3) is 0 Å². The molecule has 2 aromatic rings. The van der Waals surface area contributed by atoms with Crippen molar-refractivity contribution in [1.82, 2.24) is 4.98 Å². The van der Waals surface area contributed by atoms with Crippen molar-refractivity contribution < 1.29 is 14.2 Å². The standard InChI is InChI=1S/C15H16FNO2/c1-10-5-12(8-17-7-10)9-19-15-4-3-13(16)6-14(15)11(2)18/h3-8,11,18H,9H2,1-2H3/t11-/m0/s1. The van der Waals surface area contributed by atoms with E-state index in [0.29, 0.717) is 17.9 Å². The van der Waals surface area contributed by atoms with Crippen LogP contribution >= 0.6 is 0 Å². The summed E-state index contributed by atoms with van der Waals surface area (Å²) in [5.74, 6) is 0.0957. The van der Waals surface area contributed by atoms with E-state index in [2.05, 4.69) is 4.98 Å². The van der Waals surface area contributed by atoms with Gasteiger partial charge in [0.2, 0.25) is 0 Å². The summed E-state index contributed by atoms with van der Waals surface area (Å²) in [5, 5.41) is 9.61. The number of aliphatic hydroxyl groups is 1. The predicted molar refractivity (Wildman–Crippen MR) is 70.3 cm³/mol. The van der Waals surface area contributed by atoms with Gasteiger partial charge in [0, 0.05) is 23.5 Å². The number of aliphatic hydroxyl groups excluding tert-OH is 1. The number of hydrogen-bond donors (Lipinski definition) is 1. The van der Waals surface area contributed by atoms with E-state index in [1.54, 1.807) is 19.3 Å². The number of rotatable bonds is 4. The van der Waals surface area contributed by atoms with Gasteiger partial charge in [-0.1, -0.05) is 0 Å². The van der Waals surface area contributed by atoms with Gasteiger partial charge in [-0.3, -0.25) is 4.98 Å². The Morgan fingerprint density at radius 2 is 2.11 bits per heavy atom. The molecule has 100 valence electrons. The van der Waals surface area contributed by atoms with Crippen LogP contribution < -0.4 is 4.74 Å². The number of halogens is 1. The van der Waals surface area contributed by atoms with Gasteiger partial charge in [-0.15, -0.1) is 0 Å². The molecule has 0 amide bonds. The first-order chi connectivity index (χ1) is 9.06. The first-order valence-corrected chi connectivity index (χ1v) is 6.07. The Bertz CT molecular complexity index is 570. The molecule has 0 unspecified atom stereocenters. The molecule has 0 aliphatic heterocycles. The topological polar surface area (TPSA) is 42.4 Å². The molecule has 0 fully saturated rings. The van der Waals surface area contributed by atoms with Crippen molar-refractivity contribution >= 4 is 0 Å². The van der Waals surface area contributed by atoms with E-state index < -0.39 is 6.10 Å². The summed E-state index contributed by atoms with van der Waals surface area (Å²) in [6.45, 7) is 3.87. The summed E-state index contributed by atoms with van der Waals surface area (Å²) in [6, 6.07) is 6.10. The highest BCUT2D eigenvalue weighted by molar-refractivity contribution is 5.35. The molecule has 0 spiro atoms. The molecule has 0 bridgehead atoms. The summed E-state index contributed by atoms with van der Waals surface area (Å²) < 4.78 is 18.8. The summed E-state index contributed by atoms with van der Waals surface area (Å²) >= 11 is 0. The van der Waals surface area contributed by atoms with E-state index in [4.69, 9.17) is 4.74 Å². The minimum Gasteiger partial charge on any atom is -0.488 e. The SMILES string of the molecule is Cc1cncc(COc2ccc(F)cc2[C@H](C)O)c1. The highest BCUT2D eigenvalue weighted by atomic mass is 19.1. The van der Waals surface area contributed by atoms with Crippen molar-refractivity contribution in [2.75, 3.05) is 0 Å². The molecule has 0 aliphatic carbocycles. The zero-order chi connectivity index (χ0) is 13.8. The second kappa shape index (κ2) is 5.80. The zero-order valence-electron chi connectivity index (χ0n) is 10.9. The molecule has 1 aromatic heterocycles. The maximum atomic E-state index is 13.1. The van der Waals surface area contributed by atoms with Crippen molar-refractivity contribution in [3.8, 4) is 5.75 Å². The Kier molecular flexibility index (Phi) is 4.12. The Morgan fingerprint density at radius 1 is 1.32 bits per heavy atom. The van der Waals surface area contributed by atoms with Crippen LogP contribution in [0.15, 0.2) is 36.7 Å². The van der Waals surface area contributed by atoms with Crippen molar-refractivity contribution in [3.05, 3.63) is 59.2 Å². The lowest BCUT2D eigenvalue weighted by Gasteiger charge is -2.13. The molecule has 1 N–H and O–H groups in total. The van der Waals surface area contributed by atoms with Crippen LogP contribution in [0.1, 0.15) is 29.7 Å². The highest BCUT2D eigenvalue weighted by Gasteiger charge is 2.10. The molecule has 1 atom stereocenters. The normalized spacial score (nSPS) is 12.2. The van der Waals surface area contributed by atoms with Crippen LogP contribution in [0, 0.1) is 12.7 Å². The summed E-state index contributed by atoms with van der Waals surface area (Å²) in [6.07, 6.45) is 2.71. The Labute approximate surface area is 111 Å². The van der Waals surface area contributed by atoms with Crippen LogP contribution in [0.5, 0.6) is 5.75 Å². The Balaban J connectivity index is 2.15. The smallest absolute Gasteiger partial charge is 0.125 e. The van der Waals surface area contributed by atoms with Gasteiger partial charge in [0.25, 0.3) is 0 Å². The molecule has 0 radical (unpaired) electrons. The third kappa shape index (κ3) is 3.51. The molecule has 19 heavy (non-hydrogen) atoms. The highest BCUT2D eigenvalue weighted by Crippen LogP contribution is 2.26. The first-order valence-electron chi connectivity index (χ1n) is 6.07. The van der Waals surface area contributed by atoms with Crippen LogP contribution in [0.2, 0.25) is 0 Å². The number of ether oxygens (including phenoxy) is 1. The minimum atomic E-state index is -0.777. The molecule has 4 heteroatoms. The molecular formula is C15H16FNO2. The lowest BCUT2D eigenvalue weighted by Crippen LogP contribution is -2.02. The third-order valence-electron chi connectivity index (χ3n) is 2.75. The lowest BCUT2D eigenvalue weighted by atomic mass is 10.1. The van der Waals surface area contributed by atoms with E-state index in [1.165, 1.54) is 18.2 Å². The summed E-state index contributed by atoms with van der Waals surface area (Å²) in [5.41, 5.74) is 2.43. The van der Waals surface area contributed by atoms with Gasteiger partial charge in [-0.05, 0) is 43.7 Å². The van der Waals surface area contributed by atoms with E-state index in [1.807, 2.05) is 13.0 Å². The molecule has 0 aliphatic rings. The maximum Gasteiger partial charge on any atom is 0.125 e. The molecule has 0 saturated carbocycles. The Morgan fingerprint density at radius 3 is 2.79 bits per heavy atom. The van der Waals surface area contributed by atoms with Gasteiger partial charge >= 0.3 is 0 Å². The number of aromatic nitrogens is 1. The quantitative estimate of drug-likeness (QED) is 0.919. The van der Waals surface area contributed by atoms with Crippen LogP contribution in [-0.4, -0.2) is 10.1 Å². The molecule has 0 saturated heterocycles. The minimum absolute atomic E-state index is 0.333. The number of hydrogen-bond acceptors (Lipinski definition) is 3. The van der Waals surface area contributed by atoms with E-state index >= 15 is 0 Å². The monoisotopic (exact) mass is 261 g/mol. The van der Waals surface area contributed by atoms with Gasteiger partial charge in [0.15, 0.2) is 0 Å². The average molecular weight is 261 g/mol. The maximum absolute atomic E-state index is 13.1. The summed E-state index contributed by atoms with van der Waals surface area (Å²) in [4.78, 5) is 4.08. The van der Waals surface area contributed by atoms with Crippen LogP contribution in [-0.2, 0) is 6.61 Å². The van der Waals surface area contributed by atoms with Gasteiger partial charge in [-0.25, -0.2) is 4.39 Å². The first kappa shape index (κ1) is 13.5. The largest absolute Gasteiger partial charge is 0.488 e. The molecular weight excluding hydrogens is 245 g/mol. The van der Waals surface area contributed by atoms with Gasteiger partial charge in [0.1, 0.15) is 18.2 Å². The second-order valence-corrected chi connectivity index (χ2v) is 4.52. The molecule has 1 aromatic carbocycles. The van der Waals surface area contributed by atoms with Crippen molar-refractivity contribution in [2.24, 2.45) is 0 Å². The fraction of sp³-hybridized carbons (Fsp3) is 0.267. The van der Waals surface area contributed by atoms with Crippen molar-refractivity contribution in [1.29, 1.82) is 0 Å². The second-order valence-electron chi connectivity index (χ2n) is 4.52. The fourth-order valence-corrected chi connectivity index (χ4v) is 1.83. The average Bonchev–Trinajstić information content (AvgIpc) is 2.37. The van der Waals surface area contributed by atoms with Crippen LogP contribution in [0.4, 0.5) is 4.39 Å². The number of aryl methyl sites for hydroxylation is 1. The molecule has 1 heterocycles. The number of pyridine rings is 1. The number of benzene rings is 1. The van der Waals surface area contributed by atoms with Crippen molar-refractivity contribution in [2.45, 2.75) is 26.6 Å². The van der Waals surface area contributed by atoms with Gasteiger partial charge in [-0.2, -0.15) is 0 Å². The van der Waals surface area contributed by atoms with E-state index in [0.717, 1.165) is 11.1 Å². The fourth-order valence-electron chi connectivity index (χ4n) is 1.83. The summed E-state index contributed by atoms with van der Waals surface area (Å²) in [7, 11) is 0. The predicted octanol–water partition coefficient (Wildman–Crippen LogP) is 3.16. The van der Waals surface area contributed by atoms with Crippen molar-refractivity contribution in [3.63, 3.8) is 0 Å². The Hall–Kier alpha value is -1.94. The zero-order valence-corrected chi connectivity index (χ0v) is 10.9. The molecule has 3 nitrogen and oxygen atoms in total.